The summed E-state index contributed by atoms with van der Waals surface area (Å²) >= 11 is 0. The first-order chi connectivity index (χ1) is 8.94. The predicted molar refractivity (Wildman–Crippen MR) is 82.6 cm³/mol. The lowest BCUT2D eigenvalue weighted by Gasteiger charge is -2.38. The van der Waals surface area contributed by atoms with Gasteiger partial charge in [-0.3, -0.25) is 4.99 Å². The molecule has 1 fully saturated rings. The summed E-state index contributed by atoms with van der Waals surface area (Å²) in [5.41, 5.74) is 7.64. The number of nitrogens with two attached hydrogens (primary N) is 1. The molecular weight excluding hydrogens is 232 g/mol. The molecule has 0 aromatic heterocycles. The van der Waals surface area contributed by atoms with Gasteiger partial charge in [0.05, 0.1) is 11.0 Å². The molecule has 2 rings (SSSR count). The molecule has 1 aromatic rings. The van der Waals surface area contributed by atoms with E-state index in [9.17, 15) is 0 Å². The minimum atomic E-state index is -0.108. The maximum absolute atomic E-state index is 6.45. The highest BCUT2D eigenvalue weighted by Crippen LogP contribution is 2.40. The van der Waals surface area contributed by atoms with Gasteiger partial charge in [-0.05, 0) is 39.2 Å². The highest BCUT2D eigenvalue weighted by molar-refractivity contribution is 5.92. The van der Waals surface area contributed by atoms with Crippen molar-refractivity contribution >= 4 is 5.84 Å². The molecule has 1 aromatic carbocycles. The molecular formula is C17H26N2. The summed E-state index contributed by atoms with van der Waals surface area (Å²) in [5, 5.41) is 0. The van der Waals surface area contributed by atoms with E-state index in [0.29, 0.717) is 0 Å². The highest BCUT2D eigenvalue weighted by atomic mass is 14.9. The van der Waals surface area contributed by atoms with Crippen LogP contribution in [-0.4, -0.2) is 11.4 Å². The zero-order valence-electron chi connectivity index (χ0n) is 12.4. The van der Waals surface area contributed by atoms with Crippen molar-refractivity contribution in [3.8, 4) is 0 Å². The summed E-state index contributed by atoms with van der Waals surface area (Å²) in [6.45, 7) is 6.34. The van der Waals surface area contributed by atoms with E-state index in [1.165, 1.54) is 24.8 Å². The van der Waals surface area contributed by atoms with Crippen molar-refractivity contribution in [1.82, 2.24) is 0 Å². The molecule has 0 unspecified atom stereocenters. The van der Waals surface area contributed by atoms with Crippen LogP contribution in [0.5, 0.6) is 0 Å². The van der Waals surface area contributed by atoms with E-state index in [-0.39, 0.29) is 11.0 Å². The fourth-order valence-corrected chi connectivity index (χ4v) is 3.07. The van der Waals surface area contributed by atoms with Crippen LogP contribution in [0.3, 0.4) is 0 Å². The van der Waals surface area contributed by atoms with Crippen LogP contribution in [0.15, 0.2) is 35.3 Å². The smallest absolute Gasteiger partial charge is 0.105 e. The lowest BCUT2D eigenvalue weighted by molar-refractivity contribution is 0.374. The minimum absolute atomic E-state index is 0.0349. The van der Waals surface area contributed by atoms with Gasteiger partial charge in [0.15, 0.2) is 0 Å². The molecule has 2 heteroatoms. The Hall–Kier alpha value is -1.31. The third-order valence-electron chi connectivity index (χ3n) is 3.98. The fraction of sp³-hybridized carbons (Fsp3) is 0.588. The van der Waals surface area contributed by atoms with Crippen molar-refractivity contribution in [3.05, 3.63) is 35.9 Å². The molecule has 0 spiro atoms. The van der Waals surface area contributed by atoms with Crippen LogP contribution in [-0.2, 0) is 5.41 Å². The van der Waals surface area contributed by atoms with E-state index in [1.54, 1.807) is 0 Å². The molecule has 1 aliphatic rings. The van der Waals surface area contributed by atoms with E-state index in [2.05, 4.69) is 51.1 Å². The average Bonchev–Trinajstić information content (AvgIpc) is 2.38. The van der Waals surface area contributed by atoms with Gasteiger partial charge in [0.2, 0.25) is 0 Å². The normalized spacial score (nSPS) is 20.3. The predicted octanol–water partition coefficient (Wildman–Crippen LogP) is 4.04. The average molecular weight is 258 g/mol. The zero-order valence-corrected chi connectivity index (χ0v) is 12.4. The molecule has 0 atom stereocenters. The second-order valence-electron chi connectivity index (χ2n) is 6.68. The van der Waals surface area contributed by atoms with Crippen LogP contribution in [0.4, 0.5) is 0 Å². The van der Waals surface area contributed by atoms with Gasteiger partial charge in [-0.25, -0.2) is 0 Å². The van der Waals surface area contributed by atoms with Crippen molar-refractivity contribution < 1.29 is 0 Å². The molecule has 2 nitrogen and oxygen atoms in total. The molecule has 104 valence electrons. The highest BCUT2D eigenvalue weighted by Gasteiger charge is 2.38. The molecule has 1 aliphatic carbocycles. The molecule has 1 saturated carbocycles. The lowest BCUT2D eigenvalue weighted by atomic mass is 9.68. The summed E-state index contributed by atoms with van der Waals surface area (Å²) in [6.07, 6.45) is 6.06. The van der Waals surface area contributed by atoms with Gasteiger partial charge in [-0.15, -0.1) is 0 Å². The third-order valence-corrected chi connectivity index (χ3v) is 3.98. The molecule has 0 radical (unpaired) electrons. The van der Waals surface area contributed by atoms with Crippen LogP contribution in [0.1, 0.15) is 58.4 Å². The number of aliphatic imine (C=N–C) groups is 1. The number of hydrogen-bond donors (Lipinski definition) is 1. The van der Waals surface area contributed by atoms with E-state index in [4.69, 9.17) is 10.7 Å². The SMILES string of the molecule is CC(C)(C)N=C(N)C1(c2ccccc2)CCCCC1. The molecule has 0 bridgehead atoms. The maximum Gasteiger partial charge on any atom is 0.105 e. The number of nitrogens with zero attached hydrogens (tertiary/aromatic N) is 1. The monoisotopic (exact) mass is 258 g/mol. The minimum Gasteiger partial charge on any atom is -0.387 e. The van der Waals surface area contributed by atoms with Crippen LogP contribution in [0.2, 0.25) is 0 Å². The Balaban J connectivity index is 2.44. The van der Waals surface area contributed by atoms with Crippen LogP contribution in [0.25, 0.3) is 0 Å². The van der Waals surface area contributed by atoms with Gasteiger partial charge < -0.3 is 5.73 Å². The van der Waals surface area contributed by atoms with Gasteiger partial charge in [0, 0.05) is 0 Å². The van der Waals surface area contributed by atoms with Gasteiger partial charge in [0.1, 0.15) is 5.84 Å². The summed E-state index contributed by atoms with van der Waals surface area (Å²) in [4.78, 5) is 4.78. The first-order valence-electron chi connectivity index (χ1n) is 7.35. The largest absolute Gasteiger partial charge is 0.387 e. The van der Waals surface area contributed by atoms with E-state index >= 15 is 0 Å². The number of amidine groups is 1. The number of benzene rings is 1. The first-order valence-corrected chi connectivity index (χ1v) is 7.35. The van der Waals surface area contributed by atoms with Crippen molar-refractivity contribution in [2.45, 2.75) is 63.8 Å². The lowest BCUT2D eigenvalue weighted by Crippen LogP contribution is -2.44. The molecule has 0 heterocycles. The van der Waals surface area contributed by atoms with Gasteiger partial charge in [-0.1, -0.05) is 49.6 Å². The molecule has 0 saturated heterocycles. The fourth-order valence-electron chi connectivity index (χ4n) is 3.07. The van der Waals surface area contributed by atoms with Crippen LogP contribution in [0, 0.1) is 0 Å². The van der Waals surface area contributed by atoms with Crippen molar-refractivity contribution in [3.63, 3.8) is 0 Å². The van der Waals surface area contributed by atoms with Crippen molar-refractivity contribution in [2.75, 3.05) is 0 Å². The molecule has 19 heavy (non-hydrogen) atoms. The first kappa shape index (κ1) is 14.1. The Kier molecular flexibility index (Phi) is 3.98. The summed E-state index contributed by atoms with van der Waals surface area (Å²) in [7, 11) is 0. The van der Waals surface area contributed by atoms with E-state index in [0.717, 1.165) is 18.7 Å². The van der Waals surface area contributed by atoms with Gasteiger partial charge in [0.25, 0.3) is 0 Å². The number of hydrogen-bond acceptors (Lipinski definition) is 1. The van der Waals surface area contributed by atoms with Crippen LogP contribution >= 0.6 is 0 Å². The Morgan fingerprint density at radius 3 is 2.16 bits per heavy atom. The second kappa shape index (κ2) is 5.36. The molecule has 0 aliphatic heterocycles. The molecule has 0 amide bonds. The Morgan fingerprint density at radius 2 is 1.63 bits per heavy atom. The zero-order chi connectivity index (χ0) is 13.9. The topological polar surface area (TPSA) is 38.4 Å². The standard InChI is InChI=1S/C17H26N2/c1-16(2,3)19-15(18)17(12-8-5-9-13-17)14-10-6-4-7-11-14/h4,6-7,10-11H,5,8-9,12-13H2,1-3H3,(H2,18,19). The van der Waals surface area contributed by atoms with E-state index < -0.39 is 0 Å². The summed E-state index contributed by atoms with van der Waals surface area (Å²) < 4.78 is 0. The third kappa shape index (κ3) is 3.17. The molecule has 2 N–H and O–H groups in total. The Bertz CT molecular complexity index is 434. The second-order valence-corrected chi connectivity index (χ2v) is 6.68. The Labute approximate surface area is 117 Å². The van der Waals surface area contributed by atoms with Gasteiger partial charge in [-0.2, -0.15) is 0 Å². The summed E-state index contributed by atoms with van der Waals surface area (Å²) in [6, 6.07) is 10.7. The van der Waals surface area contributed by atoms with Crippen molar-refractivity contribution in [1.29, 1.82) is 0 Å². The Morgan fingerprint density at radius 1 is 1.05 bits per heavy atom. The summed E-state index contributed by atoms with van der Waals surface area (Å²) in [5.74, 6) is 0.825. The van der Waals surface area contributed by atoms with E-state index in [1.807, 2.05) is 0 Å². The van der Waals surface area contributed by atoms with Gasteiger partial charge >= 0.3 is 0 Å². The van der Waals surface area contributed by atoms with Crippen LogP contribution < -0.4 is 5.73 Å². The number of rotatable bonds is 2. The maximum atomic E-state index is 6.45. The quantitative estimate of drug-likeness (QED) is 0.631. The van der Waals surface area contributed by atoms with Crippen molar-refractivity contribution in [2.24, 2.45) is 10.7 Å².